The Morgan fingerprint density at radius 1 is 1.47 bits per heavy atom. The van der Waals surface area contributed by atoms with Gasteiger partial charge in [-0.3, -0.25) is 4.79 Å². The second kappa shape index (κ2) is 6.64. The molecule has 0 spiro atoms. The van der Waals surface area contributed by atoms with E-state index in [9.17, 15) is 9.90 Å². The van der Waals surface area contributed by atoms with E-state index < -0.39 is 11.7 Å². The van der Waals surface area contributed by atoms with Crippen LogP contribution in [-0.4, -0.2) is 22.4 Å². The lowest BCUT2D eigenvalue weighted by Crippen LogP contribution is -2.24. The molecule has 0 saturated heterocycles. The fourth-order valence-corrected chi connectivity index (χ4v) is 2.56. The third-order valence-electron chi connectivity index (χ3n) is 2.20. The lowest BCUT2D eigenvalue weighted by atomic mass is 10.1. The minimum atomic E-state index is -0.600. The number of hydrogen-bond acceptors (Lipinski definition) is 4. The molecule has 0 saturated carbocycles. The zero-order valence-corrected chi connectivity index (χ0v) is 13.1. The molecule has 3 nitrogen and oxygen atoms in total. The molecule has 0 heterocycles. The topological polar surface area (TPSA) is 46.5 Å². The Bertz CT molecular complexity index is 452. The van der Waals surface area contributed by atoms with Gasteiger partial charge in [0.15, 0.2) is 0 Å². The molecule has 1 rings (SSSR count). The Hall–Kier alpha value is -0.710. The number of aliphatic hydroxyl groups is 1. The van der Waals surface area contributed by atoms with Gasteiger partial charge in [-0.15, -0.1) is 11.8 Å². The van der Waals surface area contributed by atoms with Crippen molar-refractivity contribution in [1.29, 1.82) is 0 Å². The van der Waals surface area contributed by atoms with Gasteiger partial charge in [-0.2, -0.15) is 0 Å². The lowest BCUT2D eigenvalue weighted by molar-refractivity contribution is -0.151. The zero-order valence-electron chi connectivity index (χ0n) is 11.6. The van der Waals surface area contributed by atoms with Crippen molar-refractivity contribution in [2.45, 2.75) is 44.3 Å². The summed E-state index contributed by atoms with van der Waals surface area (Å²) in [6.07, 6.45) is -0.600. The molecule has 19 heavy (non-hydrogen) atoms. The average Bonchev–Trinajstić information content (AvgIpc) is 2.23. The number of hydrogen-bond donors (Lipinski definition) is 1. The van der Waals surface area contributed by atoms with Gasteiger partial charge in [0.1, 0.15) is 5.60 Å². The number of rotatable bonds is 4. The molecule has 0 amide bonds. The van der Waals surface area contributed by atoms with E-state index in [0.29, 0.717) is 10.6 Å². The van der Waals surface area contributed by atoms with Crippen molar-refractivity contribution < 1.29 is 14.6 Å². The Labute approximate surface area is 123 Å². The van der Waals surface area contributed by atoms with Crippen LogP contribution in [0.15, 0.2) is 23.1 Å². The molecule has 5 heteroatoms. The summed E-state index contributed by atoms with van der Waals surface area (Å²) in [7, 11) is 0. The minimum Gasteiger partial charge on any atom is -0.459 e. The van der Waals surface area contributed by atoms with Crippen LogP contribution in [0, 0.1) is 0 Å². The molecule has 1 unspecified atom stereocenters. The van der Waals surface area contributed by atoms with Gasteiger partial charge in [0, 0.05) is 9.92 Å². The Morgan fingerprint density at radius 2 is 2.11 bits per heavy atom. The van der Waals surface area contributed by atoms with E-state index >= 15 is 0 Å². The van der Waals surface area contributed by atoms with Crippen LogP contribution in [-0.2, 0) is 9.53 Å². The van der Waals surface area contributed by atoms with Gasteiger partial charge in [0.2, 0.25) is 0 Å². The quantitative estimate of drug-likeness (QED) is 0.678. The van der Waals surface area contributed by atoms with Crippen molar-refractivity contribution in [2.75, 3.05) is 5.75 Å². The first kappa shape index (κ1) is 16.3. The number of carbonyl (C=O) groups is 1. The van der Waals surface area contributed by atoms with E-state index in [1.807, 2.05) is 26.8 Å². The molecule has 1 N–H and O–H groups in total. The summed E-state index contributed by atoms with van der Waals surface area (Å²) in [6, 6.07) is 5.35. The van der Waals surface area contributed by atoms with E-state index in [1.165, 1.54) is 11.8 Å². The fraction of sp³-hybridized carbons (Fsp3) is 0.500. The predicted molar refractivity (Wildman–Crippen MR) is 78.7 cm³/mol. The number of benzene rings is 1. The fourth-order valence-electron chi connectivity index (χ4n) is 1.45. The maximum Gasteiger partial charge on any atom is 0.316 e. The van der Waals surface area contributed by atoms with E-state index in [0.717, 1.165) is 4.90 Å². The first-order valence-corrected chi connectivity index (χ1v) is 7.37. The van der Waals surface area contributed by atoms with Crippen LogP contribution in [0.1, 0.15) is 39.4 Å². The number of carbonyl (C=O) groups excluding carboxylic acids is 1. The smallest absolute Gasteiger partial charge is 0.316 e. The molecule has 106 valence electrons. The SMILES string of the molecule is CC(O)c1ccc(SCC(=O)OC(C)(C)C)cc1Cl. The van der Waals surface area contributed by atoms with Crippen molar-refractivity contribution in [3.8, 4) is 0 Å². The van der Waals surface area contributed by atoms with E-state index in [4.69, 9.17) is 16.3 Å². The first-order chi connectivity index (χ1) is 8.69. The number of aliphatic hydroxyl groups excluding tert-OH is 1. The number of esters is 1. The molecule has 1 aromatic carbocycles. The largest absolute Gasteiger partial charge is 0.459 e. The van der Waals surface area contributed by atoms with Gasteiger partial charge in [0.05, 0.1) is 11.9 Å². The highest BCUT2D eigenvalue weighted by Crippen LogP contribution is 2.28. The van der Waals surface area contributed by atoms with Crippen LogP contribution in [0.2, 0.25) is 5.02 Å². The summed E-state index contributed by atoms with van der Waals surface area (Å²) < 4.78 is 5.22. The number of halogens is 1. The zero-order chi connectivity index (χ0) is 14.6. The molecule has 1 atom stereocenters. The van der Waals surface area contributed by atoms with Gasteiger partial charge >= 0.3 is 5.97 Å². The third kappa shape index (κ3) is 5.85. The molecular formula is C14H19ClO3S. The van der Waals surface area contributed by atoms with Crippen molar-refractivity contribution in [3.63, 3.8) is 0 Å². The van der Waals surface area contributed by atoms with E-state index in [2.05, 4.69) is 0 Å². The maximum absolute atomic E-state index is 11.6. The summed E-state index contributed by atoms with van der Waals surface area (Å²) in [4.78, 5) is 12.5. The molecule has 0 aliphatic rings. The van der Waals surface area contributed by atoms with Crippen LogP contribution in [0.4, 0.5) is 0 Å². The number of thioether (sulfide) groups is 1. The van der Waals surface area contributed by atoms with Crippen LogP contribution < -0.4 is 0 Å². The van der Waals surface area contributed by atoms with Crippen LogP contribution in [0.25, 0.3) is 0 Å². The molecule has 1 aromatic rings. The second-order valence-corrected chi connectivity index (χ2v) is 6.69. The summed E-state index contributed by atoms with van der Waals surface area (Å²) in [5.74, 6) is -0.0186. The van der Waals surface area contributed by atoms with E-state index in [1.54, 1.807) is 19.1 Å². The van der Waals surface area contributed by atoms with Gasteiger partial charge in [-0.05, 0) is 45.4 Å². The van der Waals surface area contributed by atoms with Crippen molar-refractivity contribution >= 4 is 29.3 Å². The lowest BCUT2D eigenvalue weighted by Gasteiger charge is -2.19. The molecular weight excluding hydrogens is 284 g/mol. The maximum atomic E-state index is 11.6. The van der Waals surface area contributed by atoms with Gasteiger partial charge in [-0.1, -0.05) is 17.7 Å². The van der Waals surface area contributed by atoms with Crippen molar-refractivity contribution in [3.05, 3.63) is 28.8 Å². The predicted octanol–water partition coefficient (Wildman–Crippen LogP) is 3.83. The van der Waals surface area contributed by atoms with Crippen LogP contribution >= 0.6 is 23.4 Å². The van der Waals surface area contributed by atoms with Crippen molar-refractivity contribution in [1.82, 2.24) is 0 Å². The molecule has 0 aliphatic carbocycles. The second-order valence-electron chi connectivity index (χ2n) is 5.23. The Kier molecular flexibility index (Phi) is 5.71. The van der Waals surface area contributed by atoms with Gasteiger partial charge < -0.3 is 9.84 Å². The summed E-state index contributed by atoms with van der Waals surface area (Å²) in [5, 5.41) is 9.98. The summed E-state index contributed by atoms with van der Waals surface area (Å²) >= 11 is 7.42. The highest BCUT2D eigenvalue weighted by atomic mass is 35.5. The summed E-state index contributed by atoms with van der Waals surface area (Å²) in [5.41, 5.74) is 0.217. The monoisotopic (exact) mass is 302 g/mol. The van der Waals surface area contributed by atoms with Gasteiger partial charge in [0.25, 0.3) is 0 Å². The summed E-state index contributed by atoms with van der Waals surface area (Å²) in [6.45, 7) is 7.17. The van der Waals surface area contributed by atoms with Crippen molar-refractivity contribution in [2.24, 2.45) is 0 Å². The van der Waals surface area contributed by atoms with Crippen LogP contribution in [0.3, 0.4) is 0 Å². The first-order valence-electron chi connectivity index (χ1n) is 6.01. The molecule has 0 aliphatic heterocycles. The average molecular weight is 303 g/mol. The number of ether oxygens (including phenoxy) is 1. The van der Waals surface area contributed by atoms with Crippen LogP contribution in [0.5, 0.6) is 0 Å². The Balaban J connectivity index is 2.59. The molecule has 0 radical (unpaired) electrons. The van der Waals surface area contributed by atoms with Gasteiger partial charge in [-0.25, -0.2) is 0 Å². The standard InChI is InChI=1S/C14H19ClO3S/c1-9(16)11-6-5-10(7-12(11)15)19-8-13(17)18-14(2,3)4/h5-7,9,16H,8H2,1-4H3. The Morgan fingerprint density at radius 3 is 2.58 bits per heavy atom. The van der Waals surface area contributed by atoms with E-state index in [-0.39, 0.29) is 11.7 Å². The normalized spacial score (nSPS) is 13.2. The highest BCUT2D eigenvalue weighted by Gasteiger charge is 2.16. The molecule has 0 bridgehead atoms. The molecule has 0 aromatic heterocycles. The minimum absolute atomic E-state index is 0.238. The highest BCUT2D eigenvalue weighted by molar-refractivity contribution is 8.00. The molecule has 0 fully saturated rings. The third-order valence-corrected chi connectivity index (χ3v) is 3.49.